The van der Waals surface area contributed by atoms with Gasteiger partial charge in [-0.15, -0.1) is 0 Å². The van der Waals surface area contributed by atoms with Crippen LogP contribution in [-0.2, 0) is 6.54 Å². The van der Waals surface area contributed by atoms with Crippen LogP contribution < -0.4 is 10.1 Å². The topological polar surface area (TPSA) is 64.4 Å². The summed E-state index contributed by atoms with van der Waals surface area (Å²) in [5.41, 5.74) is 1.73. The fraction of sp³-hybridized carbons (Fsp3) is 0.143. The van der Waals surface area contributed by atoms with Crippen LogP contribution in [0.2, 0.25) is 0 Å². The van der Waals surface area contributed by atoms with E-state index in [1.807, 2.05) is 24.3 Å². The number of nitrogens with one attached hydrogen (secondary N) is 1. The van der Waals surface area contributed by atoms with Crippen molar-refractivity contribution >= 4 is 43.2 Å². The molecule has 7 heteroatoms. The first-order chi connectivity index (χ1) is 10.0. The molecule has 2 aromatic carbocycles. The van der Waals surface area contributed by atoms with E-state index in [4.69, 9.17) is 4.74 Å². The van der Waals surface area contributed by atoms with Gasteiger partial charge in [0.25, 0.3) is 5.69 Å². The molecule has 2 rings (SSSR count). The molecule has 0 heterocycles. The zero-order chi connectivity index (χ0) is 15.4. The van der Waals surface area contributed by atoms with Crippen molar-refractivity contribution in [1.29, 1.82) is 0 Å². The summed E-state index contributed by atoms with van der Waals surface area (Å²) in [6.45, 7) is 0.460. The maximum atomic E-state index is 10.9. The molecule has 0 aliphatic rings. The Kier molecular flexibility index (Phi) is 5.19. The Morgan fingerprint density at radius 3 is 2.71 bits per heavy atom. The Balaban J connectivity index is 2.19. The molecule has 0 atom stereocenters. The molecule has 0 aromatic heterocycles. The van der Waals surface area contributed by atoms with Crippen LogP contribution in [0.4, 0.5) is 11.4 Å². The fourth-order valence-corrected chi connectivity index (χ4v) is 2.85. The van der Waals surface area contributed by atoms with Crippen LogP contribution >= 0.6 is 31.9 Å². The minimum Gasteiger partial charge on any atom is -0.497 e. The molecule has 0 aliphatic carbocycles. The van der Waals surface area contributed by atoms with Gasteiger partial charge < -0.3 is 10.1 Å². The number of anilines is 1. The first-order valence-corrected chi connectivity index (χ1v) is 7.60. The quantitative estimate of drug-likeness (QED) is 0.565. The van der Waals surface area contributed by atoms with E-state index in [1.165, 1.54) is 6.07 Å². The molecule has 0 bridgehead atoms. The number of nitrogens with zero attached hydrogens (tertiary/aromatic N) is 1. The van der Waals surface area contributed by atoms with Crippen LogP contribution in [0.5, 0.6) is 5.75 Å². The molecule has 0 radical (unpaired) electrons. The van der Waals surface area contributed by atoms with Gasteiger partial charge in [-0.3, -0.25) is 10.1 Å². The summed E-state index contributed by atoms with van der Waals surface area (Å²) in [6, 6.07) is 10.6. The van der Waals surface area contributed by atoms with Crippen LogP contribution in [0.1, 0.15) is 5.56 Å². The number of methoxy groups -OCH3 is 1. The maximum Gasteiger partial charge on any atom is 0.283 e. The van der Waals surface area contributed by atoms with Crippen molar-refractivity contribution in [1.82, 2.24) is 0 Å². The normalized spacial score (nSPS) is 10.2. The second-order valence-electron chi connectivity index (χ2n) is 4.24. The summed E-state index contributed by atoms with van der Waals surface area (Å²) in [6.07, 6.45) is 0. The second kappa shape index (κ2) is 6.91. The van der Waals surface area contributed by atoms with Crippen molar-refractivity contribution in [3.63, 3.8) is 0 Å². The summed E-state index contributed by atoms with van der Waals surface area (Å²) >= 11 is 6.69. The molecule has 0 aliphatic heterocycles. The van der Waals surface area contributed by atoms with E-state index in [2.05, 4.69) is 37.2 Å². The summed E-state index contributed by atoms with van der Waals surface area (Å²) < 4.78 is 6.57. The number of rotatable bonds is 5. The van der Waals surface area contributed by atoms with Gasteiger partial charge in [-0.25, -0.2) is 0 Å². The van der Waals surface area contributed by atoms with Crippen molar-refractivity contribution in [3.05, 3.63) is 61.0 Å². The number of halogens is 2. The zero-order valence-corrected chi connectivity index (χ0v) is 14.3. The summed E-state index contributed by atoms with van der Waals surface area (Å²) in [7, 11) is 1.60. The van der Waals surface area contributed by atoms with Gasteiger partial charge in [0.1, 0.15) is 10.2 Å². The lowest BCUT2D eigenvalue weighted by molar-refractivity contribution is -0.385. The Hall–Kier alpha value is -1.60. The zero-order valence-electron chi connectivity index (χ0n) is 11.1. The van der Waals surface area contributed by atoms with Crippen LogP contribution in [0.25, 0.3) is 0 Å². The van der Waals surface area contributed by atoms with Gasteiger partial charge in [0, 0.05) is 28.8 Å². The first-order valence-electron chi connectivity index (χ1n) is 6.01. The molecule has 0 spiro atoms. The van der Waals surface area contributed by atoms with Crippen molar-refractivity contribution in [2.45, 2.75) is 6.54 Å². The van der Waals surface area contributed by atoms with Gasteiger partial charge in [-0.1, -0.05) is 28.1 Å². The molecule has 1 N–H and O–H groups in total. The van der Waals surface area contributed by atoms with Crippen molar-refractivity contribution in [2.75, 3.05) is 12.4 Å². The third-order valence-electron chi connectivity index (χ3n) is 2.84. The van der Waals surface area contributed by atoms with Gasteiger partial charge in [0.15, 0.2) is 0 Å². The summed E-state index contributed by atoms with van der Waals surface area (Å²) in [4.78, 5) is 10.5. The summed E-state index contributed by atoms with van der Waals surface area (Å²) in [5, 5.41) is 14.1. The SMILES string of the molecule is COc1cc(Br)cc(NCc2cccc([N+](=O)[O-])c2Br)c1. The maximum absolute atomic E-state index is 10.9. The highest BCUT2D eigenvalue weighted by Crippen LogP contribution is 2.30. The number of nitro groups is 1. The van der Waals surface area contributed by atoms with E-state index in [9.17, 15) is 10.1 Å². The predicted octanol–water partition coefficient (Wildman–Crippen LogP) is 4.74. The largest absolute Gasteiger partial charge is 0.497 e. The molecule has 2 aromatic rings. The smallest absolute Gasteiger partial charge is 0.283 e. The Morgan fingerprint density at radius 1 is 1.29 bits per heavy atom. The molecule has 5 nitrogen and oxygen atoms in total. The van der Waals surface area contributed by atoms with Crippen LogP contribution in [0, 0.1) is 10.1 Å². The van der Waals surface area contributed by atoms with Crippen LogP contribution in [0.15, 0.2) is 45.3 Å². The number of benzene rings is 2. The van der Waals surface area contributed by atoms with E-state index in [1.54, 1.807) is 13.2 Å². The average molecular weight is 416 g/mol. The Labute approximate surface area is 138 Å². The van der Waals surface area contributed by atoms with Gasteiger partial charge in [-0.2, -0.15) is 0 Å². The van der Waals surface area contributed by atoms with Gasteiger partial charge in [0.2, 0.25) is 0 Å². The van der Waals surface area contributed by atoms with Crippen molar-refractivity contribution in [3.8, 4) is 5.75 Å². The van der Waals surface area contributed by atoms with E-state index < -0.39 is 4.92 Å². The van der Waals surface area contributed by atoms with Gasteiger partial charge >= 0.3 is 0 Å². The summed E-state index contributed by atoms with van der Waals surface area (Å²) in [5.74, 6) is 0.727. The highest BCUT2D eigenvalue weighted by Gasteiger charge is 2.14. The number of hydrogen-bond acceptors (Lipinski definition) is 4. The molecular weight excluding hydrogens is 404 g/mol. The highest BCUT2D eigenvalue weighted by molar-refractivity contribution is 9.11. The lowest BCUT2D eigenvalue weighted by Crippen LogP contribution is -2.02. The lowest BCUT2D eigenvalue weighted by atomic mass is 10.2. The third kappa shape index (κ3) is 3.95. The first kappa shape index (κ1) is 15.8. The van der Waals surface area contributed by atoms with Crippen molar-refractivity contribution in [2.24, 2.45) is 0 Å². The standard InChI is InChI=1S/C14H12Br2N2O3/c1-21-12-6-10(15)5-11(7-12)17-8-9-3-2-4-13(14(9)16)18(19)20/h2-7,17H,8H2,1H3. The lowest BCUT2D eigenvalue weighted by Gasteiger charge is -2.10. The number of ether oxygens (including phenoxy) is 1. The molecule has 0 amide bonds. The van der Waals surface area contributed by atoms with E-state index in [0.717, 1.165) is 21.5 Å². The highest BCUT2D eigenvalue weighted by atomic mass is 79.9. The van der Waals surface area contributed by atoms with Crippen LogP contribution in [0.3, 0.4) is 0 Å². The second-order valence-corrected chi connectivity index (χ2v) is 5.95. The van der Waals surface area contributed by atoms with Crippen LogP contribution in [-0.4, -0.2) is 12.0 Å². The van der Waals surface area contributed by atoms with E-state index in [0.29, 0.717) is 11.0 Å². The average Bonchev–Trinajstić information content (AvgIpc) is 2.45. The van der Waals surface area contributed by atoms with E-state index >= 15 is 0 Å². The van der Waals surface area contributed by atoms with Gasteiger partial charge in [0.05, 0.1) is 12.0 Å². The molecule has 21 heavy (non-hydrogen) atoms. The number of nitro benzene ring substituents is 1. The van der Waals surface area contributed by atoms with Gasteiger partial charge in [-0.05, 0) is 33.6 Å². The molecule has 0 unspecified atom stereocenters. The molecule has 0 saturated carbocycles. The Bertz CT molecular complexity index is 677. The molecular formula is C14H12Br2N2O3. The predicted molar refractivity (Wildman–Crippen MR) is 88.8 cm³/mol. The number of hydrogen-bond donors (Lipinski definition) is 1. The Morgan fingerprint density at radius 2 is 2.05 bits per heavy atom. The minimum absolute atomic E-state index is 0.0566. The minimum atomic E-state index is -0.407. The monoisotopic (exact) mass is 414 g/mol. The molecule has 0 fully saturated rings. The molecule has 110 valence electrons. The fourth-order valence-electron chi connectivity index (χ4n) is 1.82. The molecule has 0 saturated heterocycles. The third-order valence-corrected chi connectivity index (χ3v) is 4.22. The van der Waals surface area contributed by atoms with Crippen molar-refractivity contribution < 1.29 is 9.66 Å². The van der Waals surface area contributed by atoms with E-state index in [-0.39, 0.29) is 5.69 Å².